The summed E-state index contributed by atoms with van der Waals surface area (Å²) in [5, 5.41) is 10.1. The Hall–Kier alpha value is -0.570. The summed E-state index contributed by atoms with van der Waals surface area (Å²) in [5.74, 6) is 4.08. The highest BCUT2D eigenvalue weighted by atomic mass is 16.6. The van der Waals surface area contributed by atoms with Crippen molar-refractivity contribution in [1.82, 2.24) is 0 Å². The second kappa shape index (κ2) is 5.97. The van der Waals surface area contributed by atoms with Crippen LogP contribution in [0.4, 0.5) is 0 Å². The first-order valence-electron chi connectivity index (χ1n) is 11.7. The van der Waals surface area contributed by atoms with Crippen LogP contribution < -0.4 is 0 Å². The molecule has 1 aliphatic heterocycles. The lowest BCUT2D eigenvalue weighted by molar-refractivity contribution is -0.210. The van der Waals surface area contributed by atoms with Crippen LogP contribution in [0.3, 0.4) is 0 Å². The maximum Gasteiger partial charge on any atom is 0.312 e. The van der Waals surface area contributed by atoms with Gasteiger partial charge in [0.1, 0.15) is 5.60 Å². The molecule has 0 radical (unpaired) electrons. The van der Waals surface area contributed by atoms with Gasteiger partial charge in [0.05, 0.1) is 11.5 Å². The highest BCUT2D eigenvalue weighted by molar-refractivity contribution is 5.77. The SMILES string of the molecule is CC1(C)CC[C@@]2(CCC3C4CCC5CC(O)CCC5C4CC[C@@]32C)OC1=O. The van der Waals surface area contributed by atoms with Crippen molar-refractivity contribution in [3.05, 3.63) is 0 Å². The molecule has 0 bridgehead atoms. The van der Waals surface area contributed by atoms with E-state index in [9.17, 15) is 9.90 Å². The molecule has 3 nitrogen and oxygen atoms in total. The average Bonchev–Trinajstić information content (AvgIpc) is 2.91. The van der Waals surface area contributed by atoms with Gasteiger partial charge in [0, 0.05) is 5.41 Å². The molecular formula is C24H38O3. The van der Waals surface area contributed by atoms with Gasteiger partial charge in [-0.2, -0.15) is 0 Å². The number of aliphatic hydroxyl groups is 1. The minimum Gasteiger partial charge on any atom is -0.458 e. The predicted octanol–water partition coefficient (Wildman–Crippen LogP) is 5.10. The topological polar surface area (TPSA) is 46.5 Å². The van der Waals surface area contributed by atoms with Gasteiger partial charge in [-0.15, -0.1) is 0 Å². The van der Waals surface area contributed by atoms with Crippen LogP contribution in [0.1, 0.15) is 91.4 Å². The zero-order valence-corrected chi connectivity index (χ0v) is 17.5. The molecule has 0 aromatic heterocycles. The maximum absolute atomic E-state index is 12.7. The highest BCUT2D eigenvalue weighted by Gasteiger charge is 2.66. The fourth-order valence-electron chi connectivity index (χ4n) is 8.48. The smallest absolute Gasteiger partial charge is 0.312 e. The minimum absolute atomic E-state index is 0.0442. The minimum atomic E-state index is -0.308. The summed E-state index contributed by atoms with van der Waals surface area (Å²) in [7, 11) is 0. The third-order valence-corrected chi connectivity index (χ3v) is 10.2. The van der Waals surface area contributed by atoms with Crippen LogP contribution >= 0.6 is 0 Å². The van der Waals surface area contributed by atoms with Crippen molar-refractivity contribution in [3.63, 3.8) is 0 Å². The number of hydrogen-bond donors (Lipinski definition) is 1. The molecule has 3 heteroatoms. The summed E-state index contributed by atoms with van der Waals surface area (Å²) in [5.41, 5.74) is -0.311. The van der Waals surface area contributed by atoms with Crippen molar-refractivity contribution in [2.45, 2.75) is 103 Å². The van der Waals surface area contributed by atoms with Crippen molar-refractivity contribution in [3.8, 4) is 0 Å². The monoisotopic (exact) mass is 374 g/mol. The lowest BCUT2D eigenvalue weighted by Crippen LogP contribution is -2.58. The summed E-state index contributed by atoms with van der Waals surface area (Å²) in [6.45, 7) is 6.57. The summed E-state index contributed by atoms with van der Waals surface area (Å²) in [4.78, 5) is 12.7. The second-order valence-corrected chi connectivity index (χ2v) is 11.7. The molecule has 6 unspecified atom stereocenters. The maximum atomic E-state index is 12.7. The first-order chi connectivity index (χ1) is 12.8. The lowest BCUT2D eigenvalue weighted by Gasteiger charge is -2.59. The number of fused-ring (bicyclic) bond motifs is 6. The molecule has 1 spiro atoms. The molecule has 4 saturated carbocycles. The van der Waals surface area contributed by atoms with Gasteiger partial charge in [0.15, 0.2) is 0 Å². The van der Waals surface area contributed by atoms with Gasteiger partial charge in [0.2, 0.25) is 0 Å². The molecule has 1 N–H and O–H groups in total. The number of carbonyl (C=O) groups excluding carboxylic acids is 1. The van der Waals surface area contributed by atoms with E-state index in [1.54, 1.807) is 0 Å². The number of carbonyl (C=O) groups is 1. The summed E-state index contributed by atoms with van der Waals surface area (Å²) in [6.07, 6.45) is 12.9. The van der Waals surface area contributed by atoms with E-state index in [-0.39, 0.29) is 28.5 Å². The van der Waals surface area contributed by atoms with Gasteiger partial charge in [0.25, 0.3) is 0 Å². The molecule has 5 fully saturated rings. The van der Waals surface area contributed by atoms with Crippen LogP contribution in [0, 0.1) is 40.4 Å². The number of rotatable bonds is 0. The Morgan fingerprint density at radius 1 is 0.852 bits per heavy atom. The molecule has 152 valence electrons. The standard InChI is InChI=1S/C24H38O3/c1-22(2)12-13-24(27-21(22)26)11-9-20-19-6-4-15-14-16(25)5-7-17(15)18(19)8-10-23(20,24)3/h15-20,25H,4-14H2,1-3H3/t15?,16?,17?,18?,19?,20?,23-,24+/m0/s1. The second-order valence-electron chi connectivity index (χ2n) is 11.7. The van der Waals surface area contributed by atoms with Gasteiger partial charge in [-0.25, -0.2) is 0 Å². The van der Waals surface area contributed by atoms with Gasteiger partial charge in [-0.1, -0.05) is 6.92 Å². The zero-order chi connectivity index (χ0) is 19.0. The van der Waals surface area contributed by atoms with Crippen molar-refractivity contribution in [2.75, 3.05) is 0 Å². The Morgan fingerprint density at radius 3 is 2.41 bits per heavy atom. The molecule has 0 amide bonds. The molecule has 1 saturated heterocycles. The number of ether oxygens (including phenoxy) is 1. The van der Waals surface area contributed by atoms with Gasteiger partial charge >= 0.3 is 5.97 Å². The normalized spacial score (nSPS) is 54.0. The molecule has 5 aliphatic rings. The third kappa shape index (κ3) is 2.52. The quantitative estimate of drug-likeness (QED) is 0.600. The first-order valence-corrected chi connectivity index (χ1v) is 11.7. The summed E-state index contributed by atoms with van der Waals surface area (Å²) in [6, 6.07) is 0. The fraction of sp³-hybridized carbons (Fsp3) is 0.958. The molecule has 8 atom stereocenters. The first kappa shape index (κ1) is 18.5. The Labute approximate surface area is 164 Å². The van der Waals surface area contributed by atoms with Crippen LogP contribution in [0.5, 0.6) is 0 Å². The zero-order valence-electron chi connectivity index (χ0n) is 17.5. The van der Waals surface area contributed by atoms with E-state index in [1.807, 2.05) is 13.8 Å². The Balaban J connectivity index is 1.40. The molecule has 4 aliphatic carbocycles. The largest absolute Gasteiger partial charge is 0.458 e. The molecule has 5 rings (SSSR count). The van der Waals surface area contributed by atoms with E-state index in [2.05, 4.69) is 6.92 Å². The summed E-state index contributed by atoms with van der Waals surface area (Å²) < 4.78 is 6.35. The van der Waals surface area contributed by atoms with E-state index < -0.39 is 0 Å². The van der Waals surface area contributed by atoms with Crippen molar-refractivity contribution in [1.29, 1.82) is 0 Å². The van der Waals surface area contributed by atoms with Gasteiger partial charge in [-0.05, 0) is 114 Å². The molecule has 27 heavy (non-hydrogen) atoms. The van der Waals surface area contributed by atoms with E-state index in [0.717, 1.165) is 61.7 Å². The number of aliphatic hydroxyl groups excluding tert-OH is 1. The van der Waals surface area contributed by atoms with Gasteiger partial charge in [-0.3, -0.25) is 4.79 Å². The van der Waals surface area contributed by atoms with E-state index in [1.165, 1.54) is 38.5 Å². The molecule has 1 heterocycles. The third-order valence-electron chi connectivity index (χ3n) is 10.2. The van der Waals surface area contributed by atoms with Crippen LogP contribution in [-0.4, -0.2) is 22.8 Å². The van der Waals surface area contributed by atoms with Crippen LogP contribution in [0.25, 0.3) is 0 Å². The predicted molar refractivity (Wildman–Crippen MR) is 105 cm³/mol. The van der Waals surface area contributed by atoms with E-state index >= 15 is 0 Å². The summed E-state index contributed by atoms with van der Waals surface area (Å²) >= 11 is 0. The molecule has 0 aromatic carbocycles. The van der Waals surface area contributed by atoms with Crippen molar-refractivity contribution >= 4 is 5.97 Å². The highest BCUT2D eigenvalue weighted by Crippen LogP contribution is 2.68. The fourth-order valence-corrected chi connectivity index (χ4v) is 8.48. The number of esters is 1. The average molecular weight is 375 g/mol. The van der Waals surface area contributed by atoms with E-state index in [4.69, 9.17) is 4.74 Å². The Bertz CT molecular complexity index is 627. The van der Waals surface area contributed by atoms with E-state index in [0.29, 0.717) is 0 Å². The Morgan fingerprint density at radius 2 is 1.63 bits per heavy atom. The van der Waals surface area contributed by atoms with Crippen LogP contribution in [-0.2, 0) is 9.53 Å². The number of hydrogen-bond acceptors (Lipinski definition) is 3. The molecular weight excluding hydrogens is 336 g/mol. The lowest BCUT2D eigenvalue weighted by atomic mass is 9.48. The van der Waals surface area contributed by atoms with Crippen molar-refractivity contribution in [2.24, 2.45) is 40.4 Å². The Kier molecular flexibility index (Phi) is 4.08. The van der Waals surface area contributed by atoms with Crippen LogP contribution in [0.15, 0.2) is 0 Å². The van der Waals surface area contributed by atoms with Crippen molar-refractivity contribution < 1.29 is 14.6 Å². The van der Waals surface area contributed by atoms with Gasteiger partial charge < -0.3 is 9.84 Å². The molecule has 0 aromatic rings. The van der Waals surface area contributed by atoms with Crippen LogP contribution in [0.2, 0.25) is 0 Å².